The van der Waals surface area contributed by atoms with Gasteiger partial charge in [-0.25, -0.2) is 4.79 Å². The fourth-order valence-electron chi connectivity index (χ4n) is 3.21. The molecular weight excluding hydrogens is 426 g/mol. The molecule has 1 amide bonds. The summed E-state index contributed by atoms with van der Waals surface area (Å²) in [6.45, 7) is 3.37. The molecule has 1 aromatic heterocycles. The van der Waals surface area contributed by atoms with Crippen molar-refractivity contribution in [2.75, 3.05) is 6.61 Å². The van der Waals surface area contributed by atoms with Crippen molar-refractivity contribution < 1.29 is 14.3 Å². The highest BCUT2D eigenvalue weighted by molar-refractivity contribution is 9.10. The molecule has 28 heavy (non-hydrogen) atoms. The maximum absolute atomic E-state index is 12.7. The van der Waals surface area contributed by atoms with E-state index in [1.807, 2.05) is 0 Å². The normalized spacial score (nSPS) is 15.5. The maximum Gasteiger partial charge on any atom is 0.343 e. The molecular formula is C20H20BrN3O4. The van der Waals surface area contributed by atoms with Crippen LogP contribution in [0.1, 0.15) is 37.0 Å². The van der Waals surface area contributed by atoms with E-state index in [1.165, 1.54) is 10.8 Å². The van der Waals surface area contributed by atoms with E-state index in [2.05, 4.69) is 27.3 Å². The van der Waals surface area contributed by atoms with Crippen LogP contribution in [0.15, 0.2) is 33.7 Å². The monoisotopic (exact) mass is 445 g/mol. The number of benzene rings is 1. The number of ether oxygens (including phenoxy) is 1. The first kappa shape index (κ1) is 20.1. The molecule has 1 aliphatic rings. The first-order valence-electron chi connectivity index (χ1n) is 9.01. The molecule has 0 bridgehead atoms. The third-order valence-electron chi connectivity index (χ3n) is 4.88. The second-order valence-electron chi connectivity index (χ2n) is 7.02. The lowest BCUT2D eigenvalue weighted by Crippen LogP contribution is -2.48. The van der Waals surface area contributed by atoms with Crippen molar-refractivity contribution >= 4 is 38.7 Å². The topological polar surface area (TPSA) is 101 Å². The third-order valence-corrected chi connectivity index (χ3v) is 5.37. The smallest absolute Gasteiger partial charge is 0.343 e. The minimum Gasteiger partial charge on any atom is -0.462 e. The number of fused-ring (bicyclic) bond motifs is 1. The number of carbonyl (C=O) groups excluding carboxylic acids is 2. The molecule has 0 spiro atoms. The summed E-state index contributed by atoms with van der Waals surface area (Å²) in [6, 6.07) is 7.19. The molecule has 7 nitrogen and oxygen atoms in total. The largest absolute Gasteiger partial charge is 0.462 e. The predicted octanol–water partition coefficient (Wildman–Crippen LogP) is 2.75. The highest BCUT2D eigenvalue weighted by Gasteiger charge is 2.43. The highest BCUT2D eigenvalue weighted by atomic mass is 79.9. The van der Waals surface area contributed by atoms with Gasteiger partial charge in [-0.05, 0) is 50.8 Å². The SMILES string of the molecule is CCOC(=O)c1cn(CC(=O)N[C@@](C)(C#N)C2CC2)c2cc(Br)ccc2c1=O. The molecule has 1 heterocycles. The average molecular weight is 446 g/mol. The summed E-state index contributed by atoms with van der Waals surface area (Å²) in [5.74, 6) is -0.946. The van der Waals surface area contributed by atoms with Gasteiger partial charge in [0.1, 0.15) is 17.6 Å². The van der Waals surface area contributed by atoms with Crippen molar-refractivity contribution in [3.63, 3.8) is 0 Å². The van der Waals surface area contributed by atoms with Crippen LogP contribution in [0.25, 0.3) is 10.9 Å². The Morgan fingerprint density at radius 1 is 1.43 bits per heavy atom. The number of aromatic nitrogens is 1. The van der Waals surface area contributed by atoms with Crippen LogP contribution in [0, 0.1) is 17.2 Å². The number of rotatable bonds is 6. The molecule has 8 heteroatoms. The van der Waals surface area contributed by atoms with Gasteiger partial charge in [-0.2, -0.15) is 5.26 Å². The van der Waals surface area contributed by atoms with Crippen LogP contribution < -0.4 is 10.7 Å². The molecule has 1 saturated carbocycles. The van der Waals surface area contributed by atoms with Crippen LogP contribution in [0.3, 0.4) is 0 Å². The van der Waals surface area contributed by atoms with Crippen LogP contribution in [-0.4, -0.2) is 28.6 Å². The summed E-state index contributed by atoms with van der Waals surface area (Å²) in [6.07, 6.45) is 3.16. The van der Waals surface area contributed by atoms with E-state index in [9.17, 15) is 19.6 Å². The van der Waals surface area contributed by atoms with Gasteiger partial charge >= 0.3 is 5.97 Å². The molecule has 0 aliphatic heterocycles. The van der Waals surface area contributed by atoms with Gasteiger partial charge in [-0.1, -0.05) is 15.9 Å². The van der Waals surface area contributed by atoms with E-state index in [0.29, 0.717) is 10.9 Å². The van der Waals surface area contributed by atoms with Crippen molar-refractivity contribution in [3.8, 4) is 6.07 Å². The average Bonchev–Trinajstić information content (AvgIpc) is 3.49. The number of hydrogen-bond acceptors (Lipinski definition) is 5. The van der Waals surface area contributed by atoms with Crippen LogP contribution in [-0.2, 0) is 16.1 Å². The second kappa shape index (κ2) is 7.76. The number of amides is 1. The zero-order valence-corrected chi connectivity index (χ0v) is 17.2. The summed E-state index contributed by atoms with van der Waals surface area (Å²) in [5.41, 5.74) is -0.990. The van der Waals surface area contributed by atoms with Crippen molar-refractivity contribution in [3.05, 3.63) is 44.7 Å². The van der Waals surface area contributed by atoms with E-state index in [-0.39, 0.29) is 30.5 Å². The molecule has 3 rings (SSSR count). The van der Waals surface area contributed by atoms with Gasteiger partial charge < -0.3 is 14.6 Å². The molecule has 1 atom stereocenters. The fraction of sp³-hybridized carbons (Fsp3) is 0.400. The Balaban J connectivity index is 2.01. The van der Waals surface area contributed by atoms with Crippen LogP contribution in [0.5, 0.6) is 0 Å². The minimum atomic E-state index is -0.920. The van der Waals surface area contributed by atoms with Gasteiger partial charge in [0, 0.05) is 16.1 Å². The standard InChI is InChI=1S/C20H20BrN3O4/c1-3-28-19(27)15-9-24(16-8-13(21)6-7-14(16)18(15)26)10-17(25)23-20(2,11-22)12-4-5-12/h6-9,12H,3-5,10H2,1-2H3,(H,23,25)/t20-/m0/s1. The summed E-state index contributed by atoms with van der Waals surface area (Å²) in [4.78, 5) is 37.5. The minimum absolute atomic E-state index is 0.130. The zero-order chi connectivity index (χ0) is 20.5. The summed E-state index contributed by atoms with van der Waals surface area (Å²) >= 11 is 3.37. The second-order valence-corrected chi connectivity index (χ2v) is 7.93. The van der Waals surface area contributed by atoms with Gasteiger partial charge in [0.2, 0.25) is 11.3 Å². The van der Waals surface area contributed by atoms with Crippen molar-refractivity contribution in [1.29, 1.82) is 5.26 Å². The molecule has 1 N–H and O–H groups in total. The Bertz CT molecular complexity index is 1050. The highest BCUT2D eigenvalue weighted by Crippen LogP contribution is 2.39. The first-order valence-corrected chi connectivity index (χ1v) is 9.80. The van der Waals surface area contributed by atoms with Crippen molar-refractivity contribution in [2.45, 2.75) is 38.8 Å². The van der Waals surface area contributed by atoms with Crippen LogP contribution in [0.4, 0.5) is 0 Å². The van der Waals surface area contributed by atoms with Gasteiger partial charge in [0.05, 0.1) is 18.2 Å². The van der Waals surface area contributed by atoms with Crippen LogP contribution in [0.2, 0.25) is 0 Å². The lowest BCUT2D eigenvalue weighted by molar-refractivity contribution is -0.123. The summed E-state index contributed by atoms with van der Waals surface area (Å²) in [7, 11) is 0. The Kier molecular flexibility index (Phi) is 5.57. The number of halogens is 1. The van der Waals surface area contributed by atoms with Gasteiger partial charge in [0.15, 0.2) is 0 Å². The number of nitrogens with zero attached hydrogens (tertiary/aromatic N) is 2. The van der Waals surface area contributed by atoms with Gasteiger partial charge in [0.25, 0.3) is 0 Å². The first-order chi connectivity index (χ1) is 13.3. The Morgan fingerprint density at radius 2 is 2.14 bits per heavy atom. The number of carbonyl (C=O) groups is 2. The van der Waals surface area contributed by atoms with E-state index in [1.54, 1.807) is 32.0 Å². The number of nitriles is 1. The molecule has 0 unspecified atom stereocenters. The molecule has 0 saturated heterocycles. The molecule has 146 valence electrons. The summed E-state index contributed by atoms with van der Waals surface area (Å²) in [5, 5.41) is 12.6. The summed E-state index contributed by atoms with van der Waals surface area (Å²) < 4.78 is 7.24. The van der Waals surface area contributed by atoms with Crippen molar-refractivity contribution in [1.82, 2.24) is 9.88 Å². The lowest BCUT2D eigenvalue weighted by Gasteiger charge is -2.23. The van der Waals surface area contributed by atoms with E-state index < -0.39 is 16.9 Å². The predicted molar refractivity (Wildman–Crippen MR) is 107 cm³/mol. The van der Waals surface area contributed by atoms with Crippen LogP contribution >= 0.6 is 15.9 Å². The number of nitrogens with one attached hydrogen (secondary N) is 1. The van der Waals surface area contributed by atoms with E-state index >= 15 is 0 Å². The fourth-order valence-corrected chi connectivity index (χ4v) is 3.56. The van der Waals surface area contributed by atoms with Gasteiger partial charge in [-0.3, -0.25) is 9.59 Å². The molecule has 2 aromatic rings. The zero-order valence-electron chi connectivity index (χ0n) is 15.6. The Morgan fingerprint density at radius 3 is 2.75 bits per heavy atom. The lowest BCUT2D eigenvalue weighted by atomic mass is 9.98. The number of hydrogen-bond donors (Lipinski definition) is 1. The van der Waals surface area contributed by atoms with E-state index in [0.717, 1.165) is 17.3 Å². The van der Waals surface area contributed by atoms with Crippen molar-refractivity contribution in [2.24, 2.45) is 5.92 Å². The molecule has 1 fully saturated rings. The quantitative estimate of drug-likeness (QED) is 0.688. The molecule has 1 aromatic carbocycles. The Labute approximate surface area is 170 Å². The maximum atomic E-state index is 12.7. The Hall–Kier alpha value is -2.66. The molecule has 0 radical (unpaired) electrons. The molecule has 1 aliphatic carbocycles. The number of pyridine rings is 1. The number of esters is 1. The van der Waals surface area contributed by atoms with E-state index in [4.69, 9.17) is 4.74 Å². The third kappa shape index (κ3) is 3.94. The van der Waals surface area contributed by atoms with Gasteiger partial charge in [-0.15, -0.1) is 0 Å².